The summed E-state index contributed by atoms with van der Waals surface area (Å²) < 4.78 is 39.1. The summed E-state index contributed by atoms with van der Waals surface area (Å²) in [6.45, 7) is -0.0445. The second-order valence-electron chi connectivity index (χ2n) is 3.88. The van der Waals surface area contributed by atoms with E-state index in [9.17, 15) is 13.2 Å². The van der Waals surface area contributed by atoms with E-state index >= 15 is 0 Å². The second kappa shape index (κ2) is 5.14. The SMILES string of the molecule is OCc1n[nH]c(=S)n1Cc1ccc(C(F)(F)F)cc1. The van der Waals surface area contributed by atoms with Crippen molar-refractivity contribution in [3.8, 4) is 0 Å². The number of halogens is 3. The Morgan fingerprint density at radius 1 is 1.26 bits per heavy atom. The molecule has 0 bridgehead atoms. The maximum atomic E-state index is 12.4. The number of hydrogen-bond acceptors (Lipinski definition) is 3. The van der Waals surface area contributed by atoms with Crippen molar-refractivity contribution >= 4 is 12.2 Å². The Morgan fingerprint density at radius 3 is 2.42 bits per heavy atom. The molecule has 0 spiro atoms. The van der Waals surface area contributed by atoms with E-state index in [0.29, 0.717) is 16.2 Å². The lowest BCUT2D eigenvalue weighted by atomic mass is 10.1. The van der Waals surface area contributed by atoms with Gasteiger partial charge in [-0.15, -0.1) is 0 Å². The first-order valence-corrected chi connectivity index (χ1v) is 5.73. The van der Waals surface area contributed by atoms with Crippen LogP contribution in [-0.4, -0.2) is 19.9 Å². The molecule has 0 saturated carbocycles. The second-order valence-corrected chi connectivity index (χ2v) is 4.27. The molecule has 4 nitrogen and oxygen atoms in total. The zero-order valence-electron chi connectivity index (χ0n) is 9.61. The van der Waals surface area contributed by atoms with Crippen molar-refractivity contribution in [2.24, 2.45) is 0 Å². The largest absolute Gasteiger partial charge is 0.416 e. The molecule has 0 fully saturated rings. The first-order chi connectivity index (χ1) is 8.91. The van der Waals surface area contributed by atoms with Crippen molar-refractivity contribution in [1.29, 1.82) is 0 Å². The van der Waals surface area contributed by atoms with E-state index in [0.717, 1.165) is 12.1 Å². The molecular weight excluding hydrogens is 279 g/mol. The lowest BCUT2D eigenvalue weighted by molar-refractivity contribution is -0.137. The van der Waals surface area contributed by atoms with E-state index in [1.54, 1.807) is 0 Å². The van der Waals surface area contributed by atoms with E-state index in [-0.39, 0.29) is 13.2 Å². The van der Waals surface area contributed by atoms with Crippen LogP contribution in [0.1, 0.15) is 17.0 Å². The quantitative estimate of drug-likeness (QED) is 0.854. The maximum Gasteiger partial charge on any atom is 0.416 e. The topological polar surface area (TPSA) is 53.8 Å². The molecule has 0 unspecified atom stereocenters. The van der Waals surface area contributed by atoms with Crippen molar-refractivity contribution in [3.05, 3.63) is 46.0 Å². The van der Waals surface area contributed by atoms with Gasteiger partial charge in [-0.2, -0.15) is 18.3 Å². The Morgan fingerprint density at radius 2 is 1.89 bits per heavy atom. The minimum atomic E-state index is -4.35. The van der Waals surface area contributed by atoms with Crippen molar-refractivity contribution in [3.63, 3.8) is 0 Å². The highest BCUT2D eigenvalue weighted by atomic mass is 32.1. The van der Waals surface area contributed by atoms with Crippen LogP contribution < -0.4 is 0 Å². The Bertz CT molecular complexity index is 615. The molecule has 2 N–H and O–H groups in total. The number of rotatable bonds is 3. The van der Waals surface area contributed by atoms with Gasteiger partial charge < -0.3 is 5.11 Å². The monoisotopic (exact) mass is 289 g/mol. The van der Waals surface area contributed by atoms with Gasteiger partial charge in [0.25, 0.3) is 0 Å². The number of nitrogens with zero attached hydrogens (tertiary/aromatic N) is 2. The first-order valence-electron chi connectivity index (χ1n) is 5.33. The average Bonchev–Trinajstić information content (AvgIpc) is 2.70. The van der Waals surface area contributed by atoms with Gasteiger partial charge in [0.05, 0.1) is 12.1 Å². The Balaban J connectivity index is 2.25. The number of aromatic amines is 1. The minimum Gasteiger partial charge on any atom is -0.388 e. The van der Waals surface area contributed by atoms with Gasteiger partial charge in [0, 0.05) is 0 Å². The Kier molecular flexibility index (Phi) is 3.72. The van der Waals surface area contributed by atoms with E-state index < -0.39 is 11.7 Å². The third-order valence-corrected chi connectivity index (χ3v) is 2.91. The van der Waals surface area contributed by atoms with E-state index in [1.807, 2.05) is 0 Å². The van der Waals surface area contributed by atoms with Crippen LogP contribution in [0.25, 0.3) is 0 Å². The fourth-order valence-electron chi connectivity index (χ4n) is 1.62. The van der Waals surface area contributed by atoms with Crippen molar-refractivity contribution in [2.75, 3.05) is 0 Å². The highest BCUT2D eigenvalue weighted by Crippen LogP contribution is 2.29. The summed E-state index contributed by atoms with van der Waals surface area (Å²) >= 11 is 4.98. The molecule has 0 aliphatic carbocycles. The summed E-state index contributed by atoms with van der Waals surface area (Å²) in [5, 5.41) is 15.4. The van der Waals surface area contributed by atoms with E-state index in [4.69, 9.17) is 17.3 Å². The first kappa shape index (κ1) is 13.8. The number of hydrogen-bond donors (Lipinski definition) is 2. The molecule has 1 heterocycles. The predicted molar refractivity (Wildman–Crippen MR) is 63.9 cm³/mol. The molecule has 2 rings (SSSR count). The molecule has 1 aromatic heterocycles. The summed E-state index contributed by atoms with van der Waals surface area (Å²) in [4.78, 5) is 0. The molecule has 1 aromatic carbocycles. The summed E-state index contributed by atoms with van der Waals surface area (Å²) in [5.74, 6) is 0.338. The van der Waals surface area contributed by atoms with Crippen LogP contribution in [0.2, 0.25) is 0 Å². The lowest BCUT2D eigenvalue weighted by Gasteiger charge is -2.08. The molecule has 0 aliphatic heterocycles. The number of aliphatic hydroxyl groups excluding tert-OH is 1. The molecule has 102 valence electrons. The third-order valence-electron chi connectivity index (χ3n) is 2.60. The summed E-state index contributed by atoms with van der Waals surface area (Å²) in [7, 11) is 0. The molecule has 0 amide bonds. The van der Waals surface area contributed by atoms with Crippen LogP contribution in [0.15, 0.2) is 24.3 Å². The molecule has 8 heteroatoms. The van der Waals surface area contributed by atoms with Crippen LogP contribution in [0.4, 0.5) is 13.2 Å². The summed E-state index contributed by atoms with van der Waals surface area (Å²) in [6.07, 6.45) is -4.35. The molecule has 0 saturated heterocycles. The molecule has 2 aromatic rings. The summed E-state index contributed by atoms with van der Waals surface area (Å²) in [5.41, 5.74) is -0.0605. The molecule has 0 aliphatic rings. The highest BCUT2D eigenvalue weighted by Gasteiger charge is 2.29. The number of nitrogens with one attached hydrogen (secondary N) is 1. The van der Waals surface area contributed by atoms with Crippen molar-refractivity contribution < 1.29 is 18.3 Å². The third kappa shape index (κ3) is 3.02. The Hall–Kier alpha value is -1.67. The van der Waals surface area contributed by atoms with Gasteiger partial charge in [-0.25, -0.2) is 0 Å². The van der Waals surface area contributed by atoms with Crippen LogP contribution in [0.5, 0.6) is 0 Å². The molecule has 19 heavy (non-hydrogen) atoms. The van der Waals surface area contributed by atoms with Crippen LogP contribution in [0.3, 0.4) is 0 Å². The van der Waals surface area contributed by atoms with Gasteiger partial charge in [-0.3, -0.25) is 9.67 Å². The fraction of sp³-hybridized carbons (Fsp3) is 0.273. The highest BCUT2D eigenvalue weighted by molar-refractivity contribution is 7.71. The predicted octanol–water partition coefficient (Wildman–Crippen LogP) is 2.50. The zero-order chi connectivity index (χ0) is 14.0. The Labute approximate surface area is 111 Å². The number of H-pyrrole nitrogens is 1. The molecular formula is C11H10F3N3OS. The van der Waals surface area contributed by atoms with Crippen LogP contribution in [0, 0.1) is 4.77 Å². The average molecular weight is 289 g/mol. The number of aliphatic hydroxyl groups is 1. The van der Waals surface area contributed by atoms with Gasteiger partial charge in [0.1, 0.15) is 6.61 Å². The van der Waals surface area contributed by atoms with Gasteiger partial charge in [0.15, 0.2) is 10.6 Å². The van der Waals surface area contributed by atoms with Crippen LogP contribution in [-0.2, 0) is 19.3 Å². The minimum absolute atomic E-state index is 0.253. The lowest BCUT2D eigenvalue weighted by Crippen LogP contribution is -2.07. The standard InChI is InChI=1S/C11H10F3N3OS/c12-11(13,14)8-3-1-7(2-4-8)5-17-9(6-18)15-16-10(17)19/h1-4,18H,5-6H2,(H,16,19). The van der Waals surface area contributed by atoms with Crippen LogP contribution >= 0.6 is 12.2 Å². The zero-order valence-corrected chi connectivity index (χ0v) is 10.4. The number of aromatic nitrogens is 3. The molecule has 0 atom stereocenters. The van der Waals surface area contributed by atoms with Crippen molar-refractivity contribution in [1.82, 2.24) is 14.8 Å². The van der Waals surface area contributed by atoms with Crippen molar-refractivity contribution in [2.45, 2.75) is 19.3 Å². The smallest absolute Gasteiger partial charge is 0.388 e. The number of benzene rings is 1. The van der Waals surface area contributed by atoms with Gasteiger partial charge in [0.2, 0.25) is 0 Å². The van der Waals surface area contributed by atoms with Gasteiger partial charge >= 0.3 is 6.18 Å². The molecule has 0 radical (unpaired) electrons. The fourth-order valence-corrected chi connectivity index (χ4v) is 1.83. The van der Waals surface area contributed by atoms with Gasteiger partial charge in [-0.1, -0.05) is 12.1 Å². The normalized spacial score (nSPS) is 11.8. The van der Waals surface area contributed by atoms with E-state index in [2.05, 4.69) is 10.2 Å². The van der Waals surface area contributed by atoms with E-state index in [1.165, 1.54) is 16.7 Å². The van der Waals surface area contributed by atoms with Gasteiger partial charge in [-0.05, 0) is 29.9 Å². The summed E-state index contributed by atoms with van der Waals surface area (Å²) in [6, 6.07) is 4.77. The number of alkyl halides is 3. The maximum absolute atomic E-state index is 12.4.